The van der Waals surface area contributed by atoms with Gasteiger partial charge in [-0.1, -0.05) is 0 Å². The monoisotopic (exact) mass is 244 g/mol. The van der Waals surface area contributed by atoms with Crippen LogP contribution in [0.15, 0.2) is 31.1 Å². The Labute approximate surface area is 101 Å². The van der Waals surface area contributed by atoms with Crippen LogP contribution in [-0.4, -0.2) is 24.9 Å². The lowest BCUT2D eigenvalue weighted by molar-refractivity contribution is 0.606. The normalized spacial score (nSPS) is 10.7. The molecule has 0 atom stereocenters. The fourth-order valence-corrected chi connectivity index (χ4v) is 1.63. The van der Waals surface area contributed by atoms with Crippen LogP contribution >= 0.6 is 0 Å². The molecule has 0 fully saturated rings. The minimum Gasteiger partial charge on any atom is -0.364 e. The standard InChI is InChI=1S/C11H9FN6/c12-8-4-13-2-1-7(8)3-14-10-9-11(16-5-15-9)18-6-17-10/h1-2,4-6H,3H2,(H2,14,15,16,17,18). The number of imidazole rings is 1. The molecule has 0 unspecified atom stereocenters. The average molecular weight is 244 g/mol. The van der Waals surface area contributed by atoms with Crippen LogP contribution in [0.25, 0.3) is 11.2 Å². The van der Waals surface area contributed by atoms with Crippen LogP contribution in [-0.2, 0) is 6.54 Å². The lowest BCUT2D eigenvalue weighted by Gasteiger charge is -2.06. The Bertz CT molecular complexity index is 680. The van der Waals surface area contributed by atoms with E-state index in [4.69, 9.17) is 0 Å². The second kappa shape index (κ2) is 4.36. The lowest BCUT2D eigenvalue weighted by atomic mass is 10.2. The molecule has 3 heterocycles. The summed E-state index contributed by atoms with van der Waals surface area (Å²) in [6, 6.07) is 1.62. The molecule has 6 nitrogen and oxygen atoms in total. The molecule has 3 aromatic rings. The maximum absolute atomic E-state index is 13.4. The highest BCUT2D eigenvalue weighted by atomic mass is 19.1. The third-order valence-corrected chi connectivity index (χ3v) is 2.53. The van der Waals surface area contributed by atoms with Gasteiger partial charge in [-0.15, -0.1) is 0 Å². The van der Waals surface area contributed by atoms with Crippen molar-refractivity contribution < 1.29 is 4.39 Å². The molecule has 0 saturated heterocycles. The second-order valence-corrected chi connectivity index (χ2v) is 3.64. The molecule has 3 rings (SSSR count). The Hall–Kier alpha value is -2.57. The van der Waals surface area contributed by atoms with E-state index in [1.807, 2.05) is 0 Å². The number of anilines is 1. The zero-order valence-corrected chi connectivity index (χ0v) is 9.26. The Morgan fingerprint density at radius 2 is 2.22 bits per heavy atom. The zero-order chi connectivity index (χ0) is 12.4. The Kier molecular flexibility index (Phi) is 2.56. The SMILES string of the molecule is Fc1cnccc1CNc1ncnc2nc[nH]c12. The summed E-state index contributed by atoms with van der Waals surface area (Å²) in [6.45, 7) is 0.319. The molecule has 0 aromatic carbocycles. The van der Waals surface area contributed by atoms with Crippen LogP contribution < -0.4 is 5.32 Å². The van der Waals surface area contributed by atoms with Gasteiger partial charge in [-0.3, -0.25) is 4.98 Å². The van der Waals surface area contributed by atoms with Gasteiger partial charge in [-0.25, -0.2) is 19.3 Å². The number of aromatic amines is 1. The number of nitrogens with zero attached hydrogens (tertiary/aromatic N) is 4. The van der Waals surface area contributed by atoms with Crippen LogP contribution in [0.1, 0.15) is 5.56 Å². The van der Waals surface area contributed by atoms with Crippen LogP contribution in [0.2, 0.25) is 0 Å². The first-order chi connectivity index (χ1) is 8.84. The minimum atomic E-state index is -0.347. The topological polar surface area (TPSA) is 79.4 Å². The first-order valence-electron chi connectivity index (χ1n) is 5.31. The Morgan fingerprint density at radius 3 is 3.11 bits per heavy atom. The summed E-state index contributed by atoms with van der Waals surface area (Å²) >= 11 is 0. The summed E-state index contributed by atoms with van der Waals surface area (Å²) in [7, 11) is 0. The highest BCUT2D eigenvalue weighted by molar-refractivity contribution is 5.81. The second-order valence-electron chi connectivity index (χ2n) is 3.64. The smallest absolute Gasteiger partial charge is 0.182 e. The molecule has 0 aliphatic rings. The molecular formula is C11H9FN6. The van der Waals surface area contributed by atoms with Crippen molar-refractivity contribution in [3.05, 3.63) is 42.5 Å². The van der Waals surface area contributed by atoms with Gasteiger partial charge in [0.15, 0.2) is 11.5 Å². The van der Waals surface area contributed by atoms with E-state index in [9.17, 15) is 4.39 Å². The Morgan fingerprint density at radius 1 is 1.28 bits per heavy atom. The van der Waals surface area contributed by atoms with Crippen LogP contribution in [0.4, 0.5) is 10.2 Å². The van der Waals surface area contributed by atoms with Crippen LogP contribution in [0, 0.1) is 5.82 Å². The van der Waals surface area contributed by atoms with Crippen molar-refractivity contribution in [3.8, 4) is 0 Å². The van der Waals surface area contributed by atoms with Gasteiger partial charge in [0.05, 0.1) is 12.5 Å². The maximum atomic E-state index is 13.4. The molecule has 18 heavy (non-hydrogen) atoms. The number of hydrogen-bond acceptors (Lipinski definition) is 5. The number of nitrogens with one attached hydrogen (secondary N) is 2. The van der Waals surface area contributed by atoms with E-state index in [-0.39, 0.29) is 5.82 Å². The molecule has 7 heteroatoms. The number of H-pyrrole nitrogens is 1. The van der Waals surface area contributed by atoms with E-state index >= 15 is 0 Å². The summed E-state index contributed by atoms with van der Waals surface area (Å²) in [6.07, 6.45) is 5.68. The van der Waals surface area contributed by atoms with E-state index < -0.39 is 0 Å². The molecule has 0 spiro atoms. The highest BCUT2D eigenvalue weighted by Crippen LogP contribution is 2.15. The molecule has 3 aromatic heterocycles. The van der Waals surface area contributed by atoms with Crippen molar-refractivity contribution in [2.75, 3.05) is 5.32 Å². The molecule has 0 saturated carbocycles. The minimum absolute atomic E-state index is 0.319. The van der Waals surface area contributed by atoms with Gasteiger partial charge in [0, 0.05) is 18.3 Å². The Balaban J connectivity index is 1.85. The number of halogens is 1. The van der Waals surface area contributed by atoms with Crippen molar-refractivity contribution in [1.82, 2.24) is 24.9 Å². The summed E-state index contributed by atoms with van der Waals surface area (Å²) in [5, 5.41) is 3.04. The number of rotatable bonds is 3. The van der Waals surface area contributed by atoms with Crippen molar-refractivity contribution in [1.29, 1.82) is 0 Å². The van der Waals surface area contributed by atoms with Gasteiger partial charge in [-0.05, 0) is 6.07 Å². The molecule has 2 N–H and O–H groups in total. The van der Waals surface area contributed by atoms with E-state index in [1.165, 1.54) is 18.9 Å². The average Bonchev–Trinajstić information content (AvgIpc) is 2.86. The van der Waals surface area contributed by atoms with Gasteiger partial charge < -0.3 is 10.3 Å². The quantitative estimate of drug-likeness (QED) is 0.729. The molecule has 0 bridgehead atoms. The first-order valence-corrected chi connectivity index (χ1v) is 5.31. The third-order valence-electron chi connectivity index (χ3n) is 2.53. The van der Waals surface area contributed by atoms with Crippen molar-refractivity contribution in [3.63, 3.8) is 0 Å². The highest BCUT2D eigenvalue weighted by Gasteiger charge is 2.06. The van der Waals surface area contributed by atoms with Gasteiger partial charge in [-0.2, -0.15) is 0 Å². The summed E-state index contributed by atoms with van der Waals surface area (Å²) in [5.74, 6) is 0.244. The largest absolute Gasteiger partial charge is 0.364 e. The van der Waals surface area contributed by atoms with Gasteiger partial charge in [0.2, 0.25) is 0 Å². The first kappa shape index (κ1) is 10.6. The summed E-state index contributed by atoms with van der Waals surface area (Å²) in [5.41, 5.74) is 1.80. The molecule has 0 aliphatic carbocycles. The van der Waals surface area contributed by atoms with E-state index in [1.54, 1.807) is 12.3 Å². The molecule has 90 valence electrons. The van der Waals surface area contributed by atoms with Crippen molar-refractivity contribution in [2.24, 2.45) is 0 Å². The number of aromatic nitrogens is 5. The summed E-state index contributed by atoms with van der Waals surface area (Å²) in [4.78, 5) is 18.7. The third kappa shape index (κ3) is 1.86. The fraction of sp³-hybridized carbons (Fsp3) is 0.0909. The zero-order valence-electron chi connectivity index (χ0n) is 9.26. The van der Waals surface area contributed by atoms with Crippen LogP contribution in [0.5, 0.6) is 0 Å². The fourth-order valence-electron chi connectivity index (χ4n) is 1.63. The predicted octanol–water partition coefficient (Wildman–Crippen LogP) is 1.50. The van der Waals surface area contributed by atoms with E-state index in [0.717, 1.165) is 0 Å². The number of hydrogen-bond donors (Lipinski definition) is 2. The van der Waals surface area contributed by atoms with Gasteiger partial charge in [0.1, 0.15) is 17.7 Å². The van der Waals surface area contributed by atoms with Crippen molar-refractivity contribution in [2.45, 2.75) is 6.54 Å². The van der Waals surface area contributed by atoms with Gasteiger partial charge >= 0.3 is 0 Å². The van der Waals surface area contributed by atoms with E-state index in [0.29, 0.717) is 29.1 Å². The predicted molar refractivity (Wildman–Crippen MR) is 63.2 cm³/mol. The maximum Gasteiger partial charge on any atom is 0.182 e. The molecule has 0 aliphatic heterocycles. The van der Waals surface area contributed by atoms with Gasteiger partial charge in [0.25, 0.3) is 0 Å². The number of pyridine rings is 1. The van der Waals surface area contributed by atoms with E-state index in [2.05, 4.69) is 30.2 Å². The molecular weight excluding hydrogens is 235 g/mol. The lowest BCUT2D eigenvalue weighted by Crippen LogP contribution is -2.04. The van der Waals surface area contributed by atoms with Crippen LogP contribution in [0.3, 0.4) is 0 Å². The van der Waals surface area contributed by atoms with Crippen molar-refractivity contribution >= 4 is 17.0 Å². The molecule has 0 radical (unpaired) electrons. The number of fused-ring (bicyclic) bond motifs is 1. The molecule has 0 amide bonds. The summed E-state index contributed by atoms with van der Waals surface area (Å²) < 4.78 is 13.4.